The van der Waals surface area contributed by atoms with Gasteiger partial charge in [-0.2, -0.15) is 0 Å². The van der Waals surface area contributed by atoms with Crippen molar-refractivity contribution < 1.29 is 9.53 Å². The number of rotatable bonds is 6. The van der Waals surface area contributed by atoms with Crippen LogP contribution in [-0.4, -0.2) is 37.3 Å². The van der Waals surface area contributed by atoms with Crippen LogP contribution in [0.4, 0.5) is 5.69 Å². The number of nitrogens with one attached hydrogen (secondary N) is 3. The Hall–Kier alpha value is -2.77. The Bertz CT molecular complexity index is 1110. The number of nitrogens with zero attached hydrogens (tertiary/aromatic N) is 1. The minimum atomic E-state index is -0.357. The predicted octanol–water partition coefficient (Wildman–Crippen LogP) is 4.64. The lowest BCUT2D eigenvalue weighted by Crippen LogP contribution is -2.35. The van der Waals surface area contributed by atoms with Gasteiger partial charge in [0.25, 0.3) is 5.91 Å². The van der Waals surface area contributed by atoms with Crippen molar-refractivity contribution in [3.63, 3.8) is 0 Å². The summed E-state index contributed by atoms with van der Waals surface area (Å²) in [7, 11) is 1.61. The van der Waals surface area contributed by atoms with Crippen molar-refractivity contribution in [2.75, 3.05) is 31.2 Å². The topological polar surface area (TPSA) is 75.3 Å². The third-order valence-electron chi connectivity index (χ3n) is 5.96. The number of hydrogen-bond donors (Lipinski definition) is 3. The number of anilines is 1. The zero-order chi connectivity index (χ0) is 22.6. The molecule has 3 N–H and O–H groups in total. The summed E-state index contributed by atoms with van der Waals surface area (Å²) in [6.45, 7) is 4.44. The second kappa shape index (κ2) is 9.79. The number of fused-ring (bicyclic) bond motifs is 1. The minimum absolute atomic E-state index is 0.0748. The molecule has 6 nitrogen and oxygen atoms in total. The van der Waals surface area contributed by atoms with Gasteiger partial charge < -0.3 is 20.1 Å². The van der Waals surface area contributed by atoms with E-state index in [0.29, 0.717) is 11.3 Å². The van der Waals surface area contributed by atoms with Crippen molar-refractivity contribution in [1.29, 1.82) is 0 Å². The van der Waals surface area contributed by atoms with E-state index in [9.17, 15) is 4.79 Å². The van der Waals surface area contributed by atoms with E-state index in [-0.39, 0.29) is 11.4 Å². The van der Waals surface area contributed by atoms with Crippen molar-refractivity contribution in [3.8, 4) is 5.75 Å². The molecule has 0 bridgehead atoms. The first-order chi connectivity index (χ1) is 15.6. The molecule has 2 heterocycles. The maximum atomic E-state index is 13.1. The number of hydrogen-bond acceptors (Lipinski definition) is 6. The molecule has 3 aromatic rings. The van der Waals surface area contributed by atoms with E-state index in [1.54, 1.807) is 31.3 Å². The van der Waals surface area contributed by atoms with Crippen molar-refractivity contribution in [3.05, 3.63) is 65.4 Å². The average molecular weight is 451 g/mol. The van der Waals surface area contributed by atoms with Gasteiger partial charge in [0.15, 0.2) is 0 Å². The van der Waals surface area contributed by atoms with Crippen LogP contribution in [0.5, 0.6) is 5.75 Å². The van der Waals surface area contributed by atoms with Crippen molar-refractivity contribution in [1.82, 2.24) is 15.6 Å². The zero-order valence-electron chi connectivity index (χ0n) is 18.8. The molecule has 5 rings (SSSR count). The van der Waals surface area contributed by atoms with Gasteiger partial charge in [-0.05, 0) is 80.7 Å². The van der Waals surface area contributed by atoms with E-state index >= 15 is 0 Å². The molecule has 2 fully saturated rings. The molecule has 7 heteroatoms. The summed E-state index contributed by atoms with van der Waals surface area (Å²) in [5.74, 6) is 0.607. The van der Waals surface area contributed by atoms with E-state index < -0.39 is 0 Å². The summed E-state index contributed by atoms with van der Waals surface area (Å²) in [6.07, 6.45) is 7.00. The third-order valence-corrected chi connectivity index (χ3v) is 6.40. The van der Waals surface area contributed by atoms with Gasteiger partial charge in [-0.25, -0.2) is 0 Å². The summed E-state index contributed by atoms with van der Waals surface area (Å²) in [4.78, 5) is 17.6. The quantitative estimate of drug-likeness (QED) is 0.475. The molecule has 0 atom stereocenters. The standard InChI is InChI=1S/C22H23N3O2S.C3H7N/c1-14-6-7-16(27-2)13-18(14)21(26)24-22(8-9-22)19-11-15(25-28-3)12-20-17(19)5-4-10-23-20;1-2-4-3-1/h4-7,10-13,25H,8-9H2,1-3H3,(H,24,26);4H,1-3H2. The summed E-state index contributed by atoms with van der Waals surface area (Å²) in [6, 6.07) is 13.8. The van der Waals surface area contributed by atoms with Gasteiger partial charge in [-0.15, -0.1) is 0 Å². The van der Waals surface area contributed by atoms with Crippen LogP contribution in [0.2, 0.25) is 0 Å². The van der Waals surface area contributed by atoms with Gasteiger partial charge in [-0.1, -0.05) is 24.1 Å². The molecule has 1 aromatic heterocycles. The fourth-order valence-corrected chi connectivity index (χ4v) is 4.13. The number of carbonyl (C=O) groups is 1. The van der Waals surface area contributed by atoms with Crippen LogP contribution in [0.1, 0.15) is 40.7 Å². The SMILES string of the molecule is C1CNC1.COc1ccc(C)c(C(=O)NC2(c3cc(NSC)cc4ncccc34)CC2)c1. The summed E-state index contributed by atoms with van der Waals surface area (Å²) in [5, 5.41) is 7.49. The first-order valence-electron chi connectivity index (χ1n) is 10.9. The van der Waals surface area contributed by atoms with Crippen LogP contribution in [-0.2, 0) is 5.54 Å². The van der Waals surface area contributed by atoms with Crippen molar-refractivity contribution in [2.45, 2.75) is 31.7 Å². The van der Waals surface area contributed by atoms with Gasteiger partial charge >= 0.3 is 0 Å². The van der Waals surface area contributed by atoms with Gasteiger partial charge in [0.05, 0.1) is 18.2 Å². The van der Waals surface area contributed by atoms with Crippen molar-refractivity contribution >= 4 is 34.4 Å². The second-order valence-electron chi connectivity index (χ2n) is 8.22. The summed E-state index contributed by atoms with van der Waals surface area (Å²) < 4.78 is 8.59. The molecule has 0 unspecified atom stereocenters. The summed E-state index contributed by atoms with van der Waals surface area (Å²) >= 11 is 1.54. The summed E-state index contributed by atoms with van der Waals surface area (Å²) in [5.41, 5.74) is 4.25. The molecular formula is C25H30N4O2S. The maximum absolute atomic E-state index is 13.1. The Labute approximate surface area is 193 Å². The zero-order valence-corrected chi connectivity index (χ0v) is 19.6. The van der Waals surface area contributed by atoms with E-state index in [1.807, 2.05) is 37.4 Å². The Morgan fingerprint density at radius 1 is 1.19 bits per heavy atom. The molecule has 0 radical (unpaired) electrons. The fourth-order valence-electron chi connectivity index (χ4n) is 3.78. The molecule has 1 amide bonds. The lowest BCUT2D eigenvalue weighted by Gasteiger charge is -2.22. The molecule has 1 saturated heterocycles. The number of aryl methyl sites for hydroxylation is 1. The molecule has 2 aliphatic rings. The number of ether oxygens (including phenoxy) is 1. The highest BCUT2D eigenvalue weighted by Gasteiger charge is 2.47. The molecule has 1 saturated carbocycles. The lowest BCUT2D eigenvalue weighted by molar-refractivity contribution is 0.0930. The van der Waals surface area contributed by atoms with E-state index in [2.05, 4.69) is 32.5 Å². The normalized spacial score (nSPS) is 15.7. The number of carbonyl (C=O) groups excluding carboxylic acids is 1. The van der Waals surface area contributed by atoms with Crippen LogP contribution in [0.25, 0.3) is 10.9 Å². The molecule has 2 aromatic carbocycles. The van der Waals surface area contributed by atoms with Crippen molar-refractivity contribution in [2.24, 2.45) is 0 Å². The maximum Gasteiger partial charge on any atom is 0.252 e. The monoisotopic (exact) mass is 450 g/mol. The molecule has 1 aliphatic carbocycles. The average Bonchev–Trinajstić information content (AvgIpc) is 3.53. The van der Waals surface area contributed by atoms with Crippen LogP contribution >= 0.6 is 11.9 Å². The Kier molecular flexibility index (Phi) is 6.86. The van der Waals surface area contributed by atoms with Crippen LogP contribution in [0.3, 0.4) is 0 Å². The molecule has 32 heavy (non-hydrogen) atoms. The molecule has 0 spiro atoms. The second-order valence-corrected chi connectivity index (χ2v) is 8.83. The van der Waals surface area contributed by atoms with Gasteiger partial charge in [0.1, 0.15) is 5.75 Å². The Morgan fingerprint density at radius 2 is 1.94 bits per heavy atom. The van der Waals surface area contributed by atoms with E-state index in [4.69, 9.17) is 4.74 Å². The number of benzene rings is 2. The van der Waals surface area contributed by atoms with E-state index in [0.717, 1.165) is 40.6 Å². The molecular weight excluding hydrogens is 420 g/mol. The number of pyridine rings is 1. The first kappa shape index (κ1) is 22.4. The molecule has 1 aliphatic heterocycles. The molecule has 168 valence electrons. The first-order valence-corrected chi connectivity index (χ1v) is 12.1. The van der Waals surface area contributed by atoms with Crippen LogP contribution in [0, 0.1) is 6.92 Å². The van der Waals surface area contributed by atoms with Gasteiger partial charge in [-0.3, -0.25) is 9.78 Å². The van der Waals surface area contributed by atoms with Gasteiger partial charge in [0, 0.05) is 29.1 Å². The van der Waals surface area contributed by atoms with E-state index in [1.165, 1.54) is 19.5 Å². The largest absolute Gasteiger partial charge is 0.497 e. The highest BCUT2D eigenvalue weighted by molar-refractivity contribution is 7.99. The number of amides is 1. The number of methoxy groups -OCH3 is 1. The van der Waals surface area contributed by atoms with Crippen LogP contribution < -0.4 is 20.1 Å². The lowest BCUT2D eigenvalue weighted by atomic mass is 9.97. The fraction of sp³-hybridized carbons (Fsp3) is 0.360. The third kappa shape index (κ3) is 4.84. The van der Waals surface area contributed by atoms with Gasteiger partial charge in [0.2, 0.25) is 0 Å². The Balaban J connectivity index is 0.000000552. The minimum Gasteiger partial charge on any atom is -0.497 e. The highest BCUT2D eigenvalue weighted by Crippen LogP contribution is 2.49. The predicted molar refractivity (Wildman–Crippen MR) is 132 cm³/mol. The smallest absolute Gasteiger partial charge is 0.252 e. The highest BCUT2D eigenvalue weighted by atomic mass is 32.2. The van der Waals surface area contributed by atoms with Crippen LogP contribution in [0.15, 0.2) is 48.7 Å². The number of aromatic nitrogens is 1. The Morgan fingerprint density at radius 3 is 2.56 bits per heavy atom.